The van der Waals surface area contributed by atoms with Crippen molar-refractivity contribution < 1.29 is 4.42 Å². The zero-order valence-corrected chi connectivity index (χ0v) is 13.1. The molecule has 0 aliphatic rings. The number of hydrogen-bond donors (Lipinski definition) is 1. The van der Waals surface area contributed by atoms with Crippen molar-refractivity contribution in [2.75, 3.05) is 0 Å². The number of para-hydroxylation sites is 1. The highest BCUT2D eigenvalue weighted by atomic mass is 79.9. The lowest BCUT2D eigenvalue weighted by atomic mass is 10.2. The lowest BCUT2D eigenvalue weighted by Gasteiger charge is -2.03. The fraction of sp³-hybridized carbons (Fsp3) is 0.143. The van der Waals surface area contributed by atoms with Crippen molar-refractivity contribution >= 4 is 49.8 Å². The molecule has 0 aliphatic heterocycles. The van der Waals surface area contributed by atoms with Gasteiger partial charge in [0.05, 0.1) is 0 Å². The molecule has 3 rings (SSSR count). The van der Waals surface area contributed by atoms with Gasteiger partial charge in [-0.2, -0.15) is 0 Å². The maximum atomic E-state index is 6.15. The third-order valence-electron chi connectivity index (χ3n) is 2.93. The number of hydrogen-bond acceptors (Lipinski definition) is 3. The average Bonchev–Trinajstić information content (AvgIpc) is 2.94. The van der Waals surface area contributed by atoms with Gasteiger partial charge in [0.15, 0.2) is 5.22 Å². The van der Waals surface area contributed by atoms with Crippen LogP contribution in [0.1, 0.15) is 10.4 Å². The van der Waals surface area contributed by atoms with Gasteiger partial charge in [-0.15, -0.1) is 11.3 Å². The number of halogens is 2. The van der Waals surface area contributed by atoms with Crippen LogP contribution in [-0.4, -0.2) is 0 Å². The molecule has 1 N–H and O–H groups in total. The first-order valence-electron chi connectivity index (χ1n) is 5.84. The Labute approximate surface area is 128 Å². The van der Waals surface area contributed by atoms with E-state index >= 15 is 0 Å². The van der Waals surface area contributed by atoms with E-state index in [4.69, 9.17) is 16.0 Å². The Hall–Kier alpha value is -0.810. The van der Waals surface area contributed by atoms with Crippen LogP contribution in [0.3, 0.4) is 0 Å². The van der Waals surface area contributed by atoms with Crippen molar-refractivity contribution in [3.05, 3.63) is 55.8 Å². The number of thiophene rings is 1. The normalized spacial score (nSPS) is 11.3. The van der Waals surface area contributed by atoms with Gasteiger partial charge >= 0.3 is 0 Å². The summed E-state index contributed by atoms with van der Waals surface area (Å²) < 4.78 is 6.68. The molecular weight excluding hydrogens is 346 g/mol. The summed E-state index contributed by atoms with van der Waals surface area (Å²) >= 11 is 11.4. The van der Waals surface area contributed by atoms with Crippen molar-refractivity contribution in [2.24, 2.45) is 0 Å². The molecule has 0 radical (unpaired) electrons. The van der Waals surface area contributed by atoms with E-state index in [2.05, 4.69) is 32.7 Å². The lowest BCUT2D eigenvalue weighted by molar-refractivity contribution is 0.604. The van der Waals surface area contributed by atoms with Gasteiger partial charge < -0.3 is 9.73 Å². The Morgan fingerprint density at radius 1 is 1.21 bits per heavy atom. The van der Waals surface area contributed by atoms with Gasteiger partial charge in [-0.05, 0) is 45.0 Å². The topological polar surface area (TPSA) is 25.2 Å². The van der Waals surface area contributed by atoms with Crippen LogP contribution in [0.4, 0.5) is 0 Å². The average molecular weight is 357 g/mol. The van der Waals surface area contributed by atoms with Gasteiger partial charge in [-0.3, -0.25) is 0 Å². The van der Waals surface area contributed by atoms with Crippen molar-refractivity contribution in [2.45, 2.75) is 13.1 Å². The van der Waals surface area contributed by atoms with E-state index in [0.717, 1.165) is 27.6 Å². The van der Waals surface area contributed by atoms with Crippen molar-refractivity contribution in [1.82, 2.24) is 5.32 Å². The second-order valence-electron chi connectivity index (χ2n) is 4.15. The van der Waals surface area contributed by atoms with Crippen molar-refractivity contribution in [3.63, 3.8) is 0 Å². The van der Waals surface area contributed by atoms with Crippen LogP contribution >= 0.6 is 38.9 Å². The van der Waals surface area contributed by atoms with Gasteiger partial charge in [0.25, 0.3) is 0 Å². The molecule has 1 aromatic carbocycles. The minimum atomic E-state index is 0.471. The van der Waals surface area contributed by atoms with E-state index in [1.54, 1.807) is 11.3 Å². The Morgan fingerprint density at radius 3 is 2.84 bits per heavy atom. The fourth-order valence-corrected chi connectivity index (χ4v) is 3.70. The highest BCUT2D eigenvalue weighted by Gasteiger charge is 2.11. The second kappa shape index (κ2) is 5.67. The molecule has 0 fully saturated rings. The maximum Gasteiger partial charge on any atom is 0.199 e. The molecule has 0 unspecified atom stereocenters. The van der Waals surface area contributed by atoms with Crippen LogP contribution in [0.5, 0.6) is 0 Å². The van der Waals surface area contributed by atoms with Gasteiger partial charge in [0, 0.05) is 33.4 Å². The number of nitrogens with one attached hydrogen (secondary N) is 1. The third kappa shape index (κ3) is 2.72. The van der Waals surface area contributed by atoms with Crippen LogP contribution in [0, 0.1) is 0 Å². The highest BCUT2D eigenvalue weighted by molar-refractivity contribution is 9.10. The van der Waals surface area contributed by atoms with Gasteiger partial charge in [-0.25, -0.2) is 0 Å². The SMILES string of the molecule is Clc1oc2ccccc2c1CNCc1sccc1Br. The Kier molecular flexibility index (Phi) is 3.93. The van der Waals surface area contributed by atoms with E-state index in [1.165, 1.54) is 4.88 Å². The molecule has 0 bridgehead atoms. The minimum Gasteiger partial charge on any atom is -0.444 e. The smallest absolute Gasteiger partial charge is 0.199 e. The summed E-state index contributed by atoms with van der Waals surface area (Å²) in [4.78, 5) is 1.28. The molecule has 19 heavy (non-hydrogen) atoms. The first kappa shape index (κ1) is 13.2. The molecule has 98 valence electrons. The standard InChI is InChI=1S/C14H11BrClNOS/c15-11-5-6-19-13(11)8-17-7-10-9-3-1-2-4-12(9)18-14(10)16/h1-6,17H,7-8H2. The molecule has 0 amide bonds. The van der Waals surface area contributed by atoms with Crippen LogP contribution in [-0.2, 0) is 13.1 Å². The predicted molar refractivity (Wildman–Crippen MR) is 83.8 cm³/mol. The zero-order valence-electron chi connectivity index (χ0n) is 9.95. The Bertz CT molecular complexity index is 706. The number of benzene rings is 1. The summed E-state index contributed by atoms with van der Waals surface area (Å²) in [6, 6.07) is 9.96. The first-order chi connectivity index (χ1) is 9.25. The first-order valence-corrected chi connectivity index (χ1v) is 7.89. The summed E-state index contributed by atoms with van der Waals surface area (Å²) in [7, 11) is 0. The summed E-state index contributed by atoms with van der Waals surface area (Å²) in [6.45, 7) is 1.51. The van der Waals surface area contributed by atoms with E-state index < -0.39 is 0 Å². The van der Waals surface area contributed by atoms with Crippen molar-refractivity contribution in [3.8, 4) is 0 Å². The fourth-order valence-electron chi connectivity index (χ4n) is 1.99. The van der Waals surface area contributed by atoms with E-state index in [0.29, 0.717) is 11.8 Å². The molecule has 5 heteroatoms. The Balaban J connectivity index is 1.75. The largest absolute Gasteiger partial charge is 0.444 e. The van der Waals surface area contributed by atoms with Crippen LogP contribution in [0.15, 0.2) is 44.6 Å². The molecule has 2 heterocycles. The molecule has 0 saturated carbocycles. The van der Waals surface area contributed by atoms with Crippen LogP contribution < -0.4 is 5.32 Å². The van der Waals surface area contributed by atoms with Gasteiger partial charge in [0.2, 0.25) is 0 Å². The molecule has 0 saturated heterocycles. The number of rotatable bonds is 4. The third-order valence-corrected chi connectivity index (χ3v) is 5.16. The molecular formula is C14H11BrClNOS. The zero-order chi connectivity index (χ0) is 13.2. The molecule has 0 aliphatic carbocycles. The Morgan fingerprint density at radius 2 is 2.05 bits per heavy atom. The predicted octanol–water partition coefficient (Wildman–Crippen LogP) is 5.20. The minimum absolute atomic E-state index is 0.471. The van der Waals surface area contributed by atoms with E-state index in [1.807, 2.05) is 24.3 Å². The maximum absolute atomic E-state index is 6.15. The van der Waals surface area contributed by atoms with Crippen LogP contribution in [0.25, 0.3) is 11.0 Å². The monoisotopic (exact) mass is 355 g/mol. The molecule has 0 spiro atoms. The molecule has 2 aromatic heterocycles. The number of fused-ring (bicyclic) bond motifs is 1. The van der Waals surface area contributed by atoms with Crippen molar-refractivity contribution in [1.29, 1.82) is 0 Å². The lowest BCUT2D eigenvalue weighted by Crippen LogP contribution is -2.11. The quantitative estimate of drug-likeness (QED) is 0.695. The van der Waals surface area contributed by atoms with E-state index in [-0.39, 0.29) is 0 Å². The van der Waals surface area contributed by atoms with Gasteiger partial charge in [0.1, 0.15) is 5.58 Å². The summed E-state index contributed by atoms with van der Waals surface area (Å²) in [5.41, 5.74) is 1.85. The summed E-state index contributed by atoms with van der Waals surface area (Å²) in [5, 5.41) is 7.02. The highest BCUT2D eigenvalue weighted by Crippen LogP contribution is 2.29. The number of furan rings is 1. The van der Waals surface area contributed by atoms with Gasteiger partial charge in [-0.1, -0.05) is 18.2 Å². The second-order valence-corrected chi connectivity index (χ2v) is 6.34. The van der Waals surface area contributed by atoms with Crippen LogP contribution in [0.2, 0.25) is 5.22 Å². The summed E-state index contributed by atoms with van der Waals surface area (Å²) in [6.07, 6.45) is 0. The van der Waals surface area contributed by atoms with E-state index in [9.17, 15) is 0 Å². The molecule has 3 aromatic rings. The molecule has 0 atom stereocenters. The molecule has 2 nitrogen and oxygen atoms in total. The summed E-state index contributed by atoms with van der Waals surface area (Å²) in [5.74, 6) is 0.